The minimum atomic E-state index is -2.76. The van der Waals surface area contributed by atoms with Crippen molar-refractivity contribution in [1.82, 2.24) is 5.32 Å². The predicted octanol–water partition coefficient (Wildman–Crippen LogP) is 5.34. The van der Waals surface area contributed by atoms with Gasteiger partial charge < -0.3 is 5.32 Å². The summed E-state index contributed by atoms with van der Waals surface area (Å²) in [5.41, 5.74) is 0. The summed E-state index contributed by atoms with van der Waals surface area (Å²) in [5.74, 6) is 0.00252. The van der Waals surface area contributed by atoms with E-state index in [4.69, 9.17) is 10.9 Å². The van der Waals surface area contributed by atoms with Gasteiger partial charge in [0.25, 0.3) is 0 Å². The van der Waals surface area contributed by atoms with Crippen LogP contribution >= 0.6 is 20.6 Å². The zero-order valence-electron chi connectivity index (χ0n) is 18.9. The topological polar surface area (TPSA) is 90.9 Å². The fourth-order valence-electron chi connectivity index (χ4n) is 2.86. The first-order valence-corrected chi connectivity index (χ1v) is 13.8. The van der Waals surface area contributed by atoms with Crippen molar-refractivity contribution in [3.8, 4) is 5.75 Å². The molecule has 0 atom stereocenters. The molecule has 8 heteroatoms. The summed E-state index contributed by atoms with van der Waals surface area (Å²) in [6.45, 7) is 5.92. The minimum absolute atomic E-state index is 0.160. The standard InChI is InChI=1S/C23H36INO6/c1-4-25-23(28)13-11-9-7-5-6-8-10-12-18-29-22-16-14-21(15-17-22)24(30-19(2)26)31-20(3)27/h14-17H,4-13,18H2,1-3H3,(H,25,28). The first kappa shape index (κ1) is 27.2. The van der Waals surface area contributed by atoms with E-state index in [0.29, 0.717) is 19.6 Å². The predicted molar refractivity (Wildman–Crippen MR) is 128 cm³/mol. The Hall–Kier alpha value is -1.84. The fraction of sp³-hybridized carbons (Fsp3) is 0.609. The van der Waals surface area contributed by atoms with Crippen molar-refractivity contribution in [2.24, 2.45) is 0 Å². The van der Waals surface area contributed by atoms with Crippen LogP contribution in [0.2, 0.25) is 0 Å². The second kappa shape index (κ2) is 16.8. The molecule has 0 aliphatic heterocycles. The Labute approximate surface area is 194 Å². The van der Waals surface area contributed by atoms with Crippen molar-refractivity contribution < 1.29 is 25.3 Å². The van der Waals surface area contributed by atoms with E-state index in [-0.39, 0.29) is 5.91 Å². The number of nitrogens with one attached hydrogen (secondary N) is 1. The molecule has 1 aromatic rings. The van der Waals surface area contributed by atoms with Gasteiger partial charge in [0.1, 0.15) is 0 Å². The quantitative estimate of drug-likeness (QED) is 0.221. The van der Waals surface area contributed by atoms with Crippen molar-refractivity contribution >= 4 is 38.5 Å². The molecule has 1 amide bonds. The van der Waals surface area contributed by atoms with Crippen LogP contribution in [0.5, 0.6) is 5.75 Å². The van der Waals surface area contributed by atoms with E-state index >= 15 is 0 Å². The number of rotatable bonds is 16. The van der Waals surface area contributed by atoms with E-state index in [1.165, 1.54) is 39.5 Å². The molecule has 0 bridgehead atoms. The van der Waals surface area contributed by atoms with Gasteiger partial charge in [-0.05, 0) is 13.3 Å². The third-order valence-corrected chi connectivity index (χ3v) is 8.07. The van der Waals surface area contributed by atoms with Gasteiger partial charge in [0.15, 0.2) is 0 Å². The van der Waals surface area contributed by atoms with Gasteiger partial charge in [0.05, 0.1) is 0 Å². The average Bonchev–Trinajstić information content (AvgIpc) is 2.71. The summed E-state index contributed by atoms with van der Waals surface area (Å²) in [4.78, 5) is 33.8. The third kappa shape index (κ3) is 14.0. The van der Waals surface area contributed by atoms with Crippen LogP contribution in [0.3, 0.4) is 0 Å². The van der Waals surface area contributed by atoms with Gasteiger partial charge in [-0.1, -0.05) is 6.42 Å². The average molecular weight is 549 g/mol. The van der Waals surface area contributed by atoms with Crippen molar-refractivity contribution in [2.45, 2.75) is 78.6 Å². The monoisotopic (exact) mass is 549 g/mol. The van der Waals surface area contributed by atoms with E-state index < -0.39 is 32.6 Å². The molecule has 0 unspecified atom stereocenters. The molecule has 0 aliphatic carbocycles. The normalized spacial score (nSPS) is 10.9. The molecular formula is C23H36INO6. The number of hydrogen-bond donors (Lipinski definition) is 1. The number of ether oxygens (including phenoxy) is 1. The number of amides is 1. The van der Waals surface area contributed by atoms with Crippen LogP contribution in [-0.4, -0.2) is 31.0 Å². The van der Waals surface area contributed by atoms with Gasteiger partial charge in [-0.3, -0.25) is 4.79 Å². The van der Waals surface area contributed by atoms with Gasteiger partial charge in [-0.2, -0.15) is 0 Å². The van der Waals surface area contributed by atoms with E-state index in [9.17, 15) is 14.4 Å². The van der Waals surface area contributed by atoms with Gasteiger partial charge >= 0.3 is 146 Å². The molecule has 0 radical (unpaired) electrons. The Morgan fingerprint density at radius 3 is 1.84 bits per heavy atom. The van der Waals surface area contributed by atoms with Crippen LogP contribution in [0.1, 0.15) is 78.6 Å². The number of carbonyl (C=O) groups is 3. The maximum absolute atomic E-state index is 11.3. The molecule has 0 heterocycles. The first-order valence-electron chi connectivity index (χ1n) is 11.0. The van der Waals surface area contributed by atoms with Crippen molar-refractivity contribution in [3.05, 3.63) is 27.8 Å². The Morgan fingerprint density at radius 2 is 1.32 bits per heavy atom. The van der Waals surface area contributed by atoms with E-state index in [1.807, 2.05) is 19.1 Å². The zero-order chi connectivity index (χ0) is 22.9. The summed E-state index contributed by atoms with van der Waals surface area (Å²) in [6.07, 6.45) is 9.68. The molecule has 1 N–H and O–H groups in total. The number of hydrogen-bond acceptors (Lipinski definition) is 6. The Bertz CT molecular complexity index is 649. The van der Waals surface area contributed by atoms with Crippen LogP contribution in [0.25, 0.3) is 0 Å². The number of carbonyl (C=O) groups excluding carboxylic acids is 3. The van der Waals surface area contributed by atoms with Crippen LogP contribution in [-0.2, 0) is 20.5 Å². The molecule has 0 aromatic heterocycles. The van der Waals surface area contributed by atoms with Gasteiger partial charge in [-0.25, -0.2) is 0 Å². The Balaban J connectivity index is 2.13. The summed E-state index contributed by atoms with van der Waals surface area (Å²) in [6, 6.07) is 7.21. The summed E-state index contributed by atoms with van der Waals surface area (Å²) in [7, 11) is 0. The maximum atomic E-state index is 11.3. The van der Waals surface area contributed by atoms with Crippen LogP contribution in [0, 0.1) is 3.57 Å². The molecule has 0 aliphatic rings. The van der Waals surface area contributed by atoms with E-state index in [1.54, 1.807) is 12.1 Å². The first-order chi connectivity index (χ1) is 14.9. The second-order valence-electron chi connectivity index (χ2n) is 7.19. The molecular weight excluding hydrogens is 513 g/mol. The van der Waals surface area contributed by atoms with Crippen LogP contribution in [0.15, 0.2) is 24.3 Å². The molecule has 0 saturated carbocycles. The number of unbranched alkanes of at least 4 members (excludes halogenated alkanes) is 7. The summed E-state index contributed by atoms with van der Waals surface area (Å²) in [5, 5.41) is 2.82. The van der Waals surface area contributed by atoms with Crippen molar-refractivity contribution in [2.75, 3.05) is 13.2 Å². The molecule has 0 spiro atoms. The molecule has 1 rings (SSSR count). The van der Waals surface area contributed by atoms with Crippen LogP contribution in [0.4, 0.5) is 0 Å². The molecule has 7 nitrogen and oxygen atoms in total. The summed E-state index contributed by atoms with van der Waals surface area (Å²) < 4.78 is 16.9. The third-order valence-electron chi connectivity index (χ3n) is 4.29. The molecule has 31 heavy (non-hydrogen) atoms. The van der Waals surface area contributed by atoms with E-state index in [0.717, 1.165) is 35.0 Å². The zero-order valence-corrected chi connectivity index (χ0v) is 21.1. The van der Waals surface area contributed by atoms with Gasteiger partial charge in [0, 0.05) is 13.0 Å². The number of halogens is 1. The van der Waals surface area contributed by atoms with Gasteiger partial charge in [0.2, 0.25) is 5.91 Å². The van der Waals surface area contributed by atoms with Gasteiger partial charge in [-0.15, -0.1) is 0 Å². The molecule has 0 fully saturated rings. The Kier molecular flexibility index (Phi) is 14.7. The van der Waals surface area contributed by atoms with E-state index in [2.05, 4.69) is 5.32 Å². The molecule has 1 aromatic carbocycles. The van der Waals surface area contributed by atoms with Crippen LogP contribution < -0.4 is 10.1 Å². The summed E-state index contributed by atoms with van der Waals surface area (Å²) >= 11 is -2.76. The second-order valence-corrected chi connectivity index (χ2v) is 10.6. The SMILES string of the molecule is CCNC(=O)CCCCCCCCCCOc1ccc(I(OC(C)=O)OC(C)=O)cc1. The Morgan fingerprint density at radius 1 is 0.806 bits per heavy atom. The molecule has 176 valence electrons. The van der Waals surface area contributed by atoms with Crippen molar-refractivity contribution in [3.63, 3.8) is 0 Å². The fourth-order valence-corrected chi connectivity index (χ4v) is 5.53. The number of benzene rings is 1. The molecule has 0 saturated heterocycles. The van der Waals surface area contributed by atoms with Crippen molar-refractivity contribution in [1.29, 1.82) is 0 Å².